The number of phosphoric acid groups is 2. The Bertz CT molecular complexity index is 2310. The second kappa shape index (κ2) is 75.2. The molecule has 0 aliphatic carbocycles. The van der Waals surface area contributed by atoms with Crippen molar-refractivity contribution in [2.45, 2.75) is 367 Å². The van der Waals surface area contributed by atoms with Crippen molar-refractivity contribution in [3.05, 3.63) is 97.2 Å². The highest BCUT2D eigenvalue weighted by molar-refractivity contribution is 7.47. The van der Waals surface area contributed by atoms with Crippen LogP contribution >= 0.6 is 15.6 Å². The van der Waals surface area contributed by atoms with Gasteiger partial charge >= 0.3 is 39.5 Å². The summed E-state index contributed by atoms with van der Waals surface area (Å²) in [7, 11) is -9.96. The van der Waals surface area contributed by atoms with E-state index in [-0.39, 0.29) is 25.7 Å². The fourth-order valence-electron chi connectivity index (χ4n) is 11.0. The number of ether oxygens (including phenoxy) is 4. The molecule has 0 saturated carbocycles. The first-order chi connectivity index (χ1) is 49.7. The van der Waals surface area contributed by atoms with Crippen molar-refractivity contribution in [1.82, 2.24) is 0 Å². The minimum absolute atomic E-state index is 0.0394. The molecule has 0 aliphatic heterocycles. The van der Waals surface area contributed by atoms with Gasteiger partial charge in [0.2, 0.25) is 0 Å². The number of unbranched alkanes of at least 4 members (excludes halogenated alkanes) is 34. The Morgan fingerprint density at radius 3 is 0.804 bits per heavy atom. The molecule has 0 spiro atoms. The van der Waals surface area contributed by atoms with E-state index in [1.807, 2.05) is 0 Å². The number of carbonyl (C=O) groups excluding carboxylic acids is 4. The number of aliphatic hydroxyl groups is 1. The van der Waals surface area contributed by atoms with E-state index in [9.17, 15) is 43.2 Å². The minimum Gasteiger partial charge on any atom is -0.462 e. The average Bonchev–Trinajstić information content (AvgIpc) is 0.924. The van der Waals surface area contributed by atoms with E-state index < -0.39 is 97.5 Å². The SMILES string of the molecule is CC/C=C\C/C=C\C/C=C\C/C=C\CCCCCCCCC(=O)OCC(COP(=O)(O)OCC(O)COP(=O)(O)OCC(COC(=O)CCCCCCCCCCCCCCCCC)OC(=O)CCCCCCCCCCCCCCC)OC(=O)CCCC/C=C\C/C=C\C/C=C\C/C=C\CC. The fourth-order valence-corrected chi connectivity index (χ4v) is 12.5. The van der Waals surface area contributed by atoms with E-state index in [0.717, 1.165) is 141 Å². The molecule has 5 unspecified atom stereocenters. The summed E-state index contributed by atoms with van der Waals surface area (Å²) in [4.78, 5) is 73.0. The molecule has 0 fully saturated rings. The zero-order valence-electron chi connectivity index (χ0n) is 64.5. The molecule has 0 aromatic heterocycles. The molecular weight excluding hydrogens is 1330 g/mol. The maximum atomic E-state index is 13.1. The van der Waals surface area contributed by atoms with Crippen LogP contribution in [0.2, 0.25) is 0 Å². The molecule has 0 aliphatic rings. The van der Waals surface area contributed by atoms with E-state index in [4.69, 9.17) is 37.0 Å². The summed E-state index contributed by atoms with van der Waals surface area (Å²) in [5.41, 5.74) is 0. The zero-order valence-corrected chi connectivity index (χ0v) is 66.3. The lowest BCUT2D eigenvalue weighted by molar-refractivity contribution is -0.161. The highest BCUT2D eigenvalue weighted by Crippen LogP contribution is 2.45. The van der Waals surface area contributed by atoms with Gasteiger partial charge in [-0.3, -0.25) is 37.3 Å². The standard InChI is InChI=1S/C83H146O17P2/c1-5-9-13-17-21-25-29-33-36-37-38-39-42-45-48-52-56-60-64-68-81(86)94-74-79(100-83(88)70-66-62-58-54-50-46-41-35-31-27-23-19-15-11-7-3)76-98-102(91,92)96-72-77(84)71-95-101(89,90)97-75-78(99-82(87)69-65-61-57-53-49-43-32-28-24-20-16-12-8-4)73-93-80(85)67-63-59-55-51-47-44-40-34-30-26-22-18-14-10-6-2/h9,11,13,15,21,23,25,27,33,35-36,38-39,41,50,54,77-79,84H,5-8,10,12,14,16-20,22,24,26,28-32,34,37,40,42-49,51-53,55-76H2,1-4H3,(H,89,90)(H,91,92)/b13-9-,15-11-,25-21-,27-23-,36-33-,39-38-,41-35-,54-50-. The Balaban J connectivity index is 5.36. The molecule has 0 amide bonds. The number of hydrogen-bond acceptors (Lipinski definition) is 15. The van der Waals surface area contributed by atoms with Crippen molar-refractivity contribution in [3.8, 4) is 0 Å². The van der Waals surface area contributed by atoms with Crippen LogP contribution in [0.1, 0.15) is 349 Å². The second-order valence-electron chi connectivity index (χ2n) is 27.0. The topological polar surface area (TPSA) is 237 Å². The number of rotatable bonds is 76. The number of phosphoric ester groups is 2. The van der Waals surface area contributed by atoms with Gasteiger partial charge in [-0.2, -0.15) is 0 Å². The molecule has 3 N–H and O–H groups in total. The van der Waals surface area contributed by atoms with Crippen molar-refractivity contribution >= 4 is 39.5 Å². The summed E-state index contributed by atoms with van der Waals surface area (Å²) in [6, 6.07) is 0. The van der Waals surface area contributed by atoms with Gasteiger partial charge in [0.05, 0.1) is 26.4 Å². The van der Waals surface area contributed by atoms with Crippen molar-refractivity contribution in [3.63, 3.8) is 0 Å². The summed E-state index contributed by atoms with van der Waals surface area (Å²) >= 11 is 0. The van der Waals surface area contributed by atoms with Crippen LogP contribution in [0.15, 0.2) is 97.2 Å². The van der Waals surface area contributed by atoms with Crippen LogP contribution in [0.25, 0.3) is 0 Å². The Hall–Kier alpha value is -4.02. The van der Waals surface area contributed by atoms with Gasteiger partial charge in [-0.05, 0) is 103 Å². The molecule has 0 aromatic rings. The van der Waals surface area contributed by atoms with Gasteiger partial charge in [0.1, 0.15) is 19.3 Å². The maximum Gasteiger partial charge on any atom is 0.472 e. The van der Waals surface area contributed by atoms with Crippen LogP contribution in [0.4, 0.5) is 0 Å². The van der Waals surface area contributed by atoms with Gasteiger partial charge in [0.25, 0.3) is 0 Å². The largest absolute Gasteiger partial charge is 0.472 e. The van der Waals surface area contributed by atoms with E-state index in [1.165, 1.54) is 122 Å². The molecule has 17 nitrogen and oxygen atoms in total. The summed E-state index contributed by atoms with van der Waals surface area (Å²) < 4.78 is 68.6. The predicted octanol–water partition coefficient (Wildman–Crippen LogP) is 23.6. The van der Waals surface area contributed by atoms with Gasteiger partial charge in [-0.1, -0.05) is 318 Å². The third-order valence-electron chi connectivity index (χ3n) is 17.1. The molecule has 0 saturated heterocycles. The third-order valence-corrected chi connectivity index (χ3v) is 19.0. The first-order valence-electron chi connectivity index (χ1n) is 40.5. The molecule has 0 aromatic carbocycles. The van der Waals surface area contributed by atoms with Crippen molar-refractivity contribution < 1.29 is 80.2 Å². The average molecular weight is 1480 g/mol. The summed E-state index contributed by atoms with van der Waals surface area (Å²) in [6.45, 7) is 4.64. The highest BCUT2D eigenvalue weighted by atomic mass is 31.2. The predicted molar refractivity (Wildman–Crippen MR) is 418 cm³/mol. The van der Waals surface area contributed by atoms with Gasteiger partial charge in [-0.15, -0.1) is 0 Å². The molecule has 0 radical (unpaired) electrons. The third kappa shape index (κ3) is 74.3. The quantitative estimate of drug-likeness (QED) is 0.0169. The Kier molecular flexibility index (Phi) is 72.3. The first-order valence-corrected chi connectivity index (χ1v) is 43.5. The maximum absolute atomic E-state index is 13.1. The van der Waals surface area contributed by atoms with E-state index in [2.05, 4.69) is 125 Å². The van der Waals surface area contributed by atoms with Crippen molar-refractivity contribution in [1.29, 1.82) is 0 Å². The van der Waals surface area contributed by atoms with Crippen LogP contribution < -0.4 is 0 Å². The lowest BCUT2D eigenvalue weighted by atomic mass is 10.0. The van der Waals surface area contributed by atoms with Crippen LogP contribution in [-0.4, -0.2) is 96.7 Å². The van der Waals surface area contributed by atoms with Crippen molar-refractivity contribution in [2.75, 3.05) is 39.6 Å². The lowest BCUT2D eigenvalue weighted by Crippen LogP contribution is -2.30. The van der Waals surface area contributed by atoms with E-state index in [0.29, 0.717) is 32.1 Å². The molecular formula is C83H146O17P2. The highest BCUT2D eigenvalue weighted by Gasteiger charge is 2.30. The van der Waals surface area contributed by atoms with Gasteiger partial charge in [-0.25, -0.2) is 9.13 Å². The fraction of sp³-hybridized carbons (Fsp3) is 0.759. The van der Waals surface area contributed by atoms with Gasteiger partial charge in [0, 0.05) is 25.7 Å². The summed E-state index contributed by atoms with van der Waals surface area (Å²) in [5, 5.41) is 10.6. The molecule has 0 heterocycles. The minimum atomic E-state index is -4.99. The van der Waals surface area contributed by atoms with E-state index in [1.54, 1.807) is 0 Å². The first kappa shape index (κ1) is 98.0. The molecule has 0 rings (SSSR count). The van der Waals surface area contributed by atoms with Crippen LogP contribution in [0.3, 0.4) is 0 Å². The van der Waals surface area contributed by atoms with Crippen LogP contribution in [0.5, 0.6) is 0 Å². The number of allylic oxidation sites excluding steroid dienone is 16. The molecule has 0 bridgehead atoms. The molecule has 590 valence electrons. The summed E-state index contributed by atoms with van der Waals surface area (Å²) in [6.07, 6.45) is 79.6. The number of carbonyl (C=O) groups is 4. The van der Waals surface area contributed by atoms with Gasteiger partial charge in [0.15, 0.2) is 12.2 Å². The second-order valence-corrected chi connectivity index (χ2v) is 29.9. The van der Waals surface area contributed by atoms with Crippen LogP contribution in [0, 0.1) is 0 Å². The Morgan fingerprint density at radius 2 is 0.510 bits per heavy atom. The normalized spacial score (nSPS) is 14.4. The molecule has 19 heteroatoms. The Labute approximate surface area is 620 Å². The zero-order chi connectivity index (χ0) is 74.6. The number of aliphatic hydroxyl groups excluding tert-OH is 1. The number of esters is 4. The Morgan fingerprint density at radius 1 is 0.284 bits per heavy atom. The van der Waals surface area contributed by atoms with Crippen LogP contribution in [-0.2, 0) is 65.4 Å². The van der Waals surface area contributed by atoms with Gasteiger partial charge < -0.3 is 33.8 Å². The molecule has 5 atom stereocenters. The lowest BCUT2D eigenvalue weighted by Gasteiger charge is -2.21. The number of hydrogen-bond donors (Lipinski definition) is 3. The summed E-state index contributed by atoms with van der Waals surface area (Å²) in [5.74, 6) is -2.21. The monoisotopic (exact) mass is 1480 g/mol. The molecule has 102 heavy (non-hydrogen) atoms. The smallest absolute Gasteiger partial charge is 0.462 e. The van der Waals surface area contributed by atoms with Crippen molar-refractivity contribution in [2.24, 2.45) is 0 Å². The van der Waals surface area contributed by atoms with E-state index >= 15 is 0 Å².